The van der Waals surface area contributed by atoms with E-state index in [1.165, 1.54) is 11.3 Å². The van der Waals surface area contributed by atoms with Gasteiger partial charge in [-0.05, 0) is 37.6 Å². The first-order chi connectivity index (χ1) is 11.7. The average molecular weight is 343 g/mol. The number of benzene rings is 1. The lowest BCUT2D eigenvalue weighted by atomic mass is 10.1. The van der Waals surface area contributed by atoms with Crippen molar-refractivity contribution in [1.82, 2.24) is 4.90 Å². The third-order valence-corrected chi connectivity index (χ3v) is 5.19. The van der Waals surface area contributed by atoms with Gasteiger partial charge in [-0.15, -0.1) is 11.3 Å². The molecule has 3 rings (SSSR count). The number of amides is 1. The van der Waals surface area contributed by atoms with E-state index in [0.29, 0.717) is 17.1 Å². The van der Waals surface area contributed by atoms with Gasteiger partial charge in [0, 0.05) is 4.88 Å². The number of thiophene rings is 1. The van der Waals surface area contributed by atoms with Crippen molar-refractivity contribution in [2.75, 3.05) is 31.5 Å². The Labute approximate surface area is 145 Å². The second-order valence-electron chi connectivity index (χ2n) is 5.88. The molecule has 5 nitrogen and oxygen atoms in total. The monoisotopic (exact) mass is 343 g/mol. The van der Waals surface area contributed by atoms with Gasteiger partial charge in [-0.2, -0.15) is 0 Å². The molecule has 0 unspecified atom stereocenters. The summed E-state index contributed by atoms with van der Waals surface area (Å²) in [6.07, 6.45) is 2.28. The Hall–Kier alpha value is -2.02. The number of nitrogens with two attached hydrogens (primary N) is 1. The fourth-order valence-electron chi connectivity index (χ4n) is 2.86. The van der Waals surface area contributed by atoms with Crippen LogP contribution in [0.5, 0.6) is 0 Å². The van der Waals surface area contributed by atoms with Crippen LogP contribution in [0.25, 0.3) is 10.4 Å². The maximum Gasteiger partial charge on any atom is 0.239 e. The van der Waals surface area contributed by atoms with E-state index < -0.39 is 0 Å². The second kappa shape index (κ2) is 7.70. The Bertz CT molecular complexity index is 721. The molecule has 0 saturated carbocycles. The summed E-state index contributed by atoms with van der Waals surface area (Å²) in [4.78, 5) is 27.5. The Kier molecular flexibility index (Phi) is 5.40. The summed E-state index contributed by atoms with van der Waals surface area (Å²) in [6, 6.07) is 11.6. The molecule has 1 aromatic carbocycles. The van der Waals surface area contributed by atoms with Gasteiger partial charge in [-0.3, -0.25) is 14.5 Å². The van der Waals surface area contributed by atoms with E-state index in [0.717, 1.165) is 36.4 Å². The topological polar surface area (TPSA) is 75.4 Å². The van der Waals surface area contributed by atoms with Crippen molar-refractivity contribution in [2.45, 2.75) is 12.8 Å². The zero-order chi connectivity index (χ0) is 16.9. The molecule has 0 atom stereocenters. The Morgan fingerprint density at radius 3 is 2.54 bits per heavy atom. The smallest absolute Gasteiger partial charge is 0.239 e. The quantitative estimate of drug-likeness (QED) is 0.791. The molecule has 0 aliphatic carbocycles. The molecule has 1 aliphatic rings. The fraction of sp³-hybridized carbons (Fsp3) is 0.333. The number of ketones is 1. The highest BCUT2D eigenvalue weighted by Gasteiger charge is 2.20. The largest absolute Gasteiger partial charge is 0.324 e. The summed E-state index contributed by atoms with van der Waals surface area (Å²) >= 11 is 1.42. The normalized spacial score (nSPS) is 14.7. The van der Waals surface area contributed by atoms with Gasteiger partial charge in [0.05, 0.1) is 18.7 Å². The van der Waals surface area contributed by atoms with Gasteiger partial charge < -0.3 is 11.1 Å². The van der Waals surface area contributed by atoms with Gasteiger partial charge in [-0.25, -0.2) is 0 Å². The molecule has 0 radical (unpaired) electrons. The van der Waals surface area contributed by atoms with Gasteiger partial charge in [0.2, 0.25) is 5.91 Å². The van der Waals surface area contributed by atoms with E-state index >= 15 is 0 Å². The maximum absolute atomic E-state index is 12.3. The van der Waals surface area contributed by atoms with E-state index in [2.05, 4.69) is 10.2 Å². The van der Waals surface area contributed by atoms with Crippen molar-refractivity contribution >= 4 is 28.0 Å². The molecule has 1 saturated heterocycles. The minimum Gasteiger partial charge on any atom is -0.324 e. The van der Waals surface area contributed by atoms with E-state index in [1.807, 2.05) is 36.4 Å². The molecule has 2 aromatic rings. The van der Waals surface area contributed by atoms with E-state index in [9.17, 15) is 9.59 Å². The molecule has 24 heavy (non-hydrogen) atoms. The minimum atomic E-state index is -0.162. The summed E-state index contributed by atoms with van der Waals surface area (Å²) in [5, 5.41) is 3.50. The molecule has 1 aromatic heterocycles. The number of rotatable bonds is 6. The van der Waals surface area contributed by atoms with Crippen molar-refractivity contribution in [3.8, 4) is 10.4 Å². The molecule has 0 bridgehead atoms. The van der Waals surface area contributed by atoms with Crippen molar-refractivity contribution in [3.63, 3.8) is 0 Å². The van der Waals surface area contributed by atoms with Crippen LogP contribution in [0.2, 0.25) is 0 Å². The van der Waals surface area contributed by atoms with Crippen LogP contribution in [0.4, 0.5) is 5.00 Å². The number of hydrogen-bond acceptors (Lipinski definition) is 5. The van der Waals surface area contributed by atoms with E-state index in [4.69, 9.17) is 5.73 Å². The summed E-state index contributed by atoms with van der Waals surface area (Å²) in [5.41, 5.74) is 7.04. The summed E-state index contributed by atoms with van der Waals surface area (Å²) < 4.78 is 0. The van der Waals surface area contributed by atoms with Gasteiger partial charge >= 0.3 is 0 Å². The molecule has 1 amide bonds. The zero-order valence-corrected chi connectivity index (χ0v) is 14.3. The lowest BCUT2D eigenvalue weighted by Crippen LogP contribution is -2.31. The summed E-state index contributed by atoms with van der Waals surface area (Å²) in [5.74, 6) is -0.241. The number of hydrogen-bond donors (Lipinski definition) is 2. The average Bonchev–Trinajstić information content (AvgIpc) is 3.25. The Morgan fingerprint density at radius 2 is 1.88 bits per heavy atom. The van der Waals surface area contributed by atoms with Crippen LogP contribution in [0.3, 0.4) is 0 Å². The summed E-state index contributed by atoms with van der Waals surface area (Å²) in [7, 11) is 0. The van der Waals surface area contributed by atoms with Crippen LogP contribution in [0, 0.1) is 0 Å². The van der Waals surface area contributed by atoms with E-state index in [1.54, 1.807) is 0 Å². The van der Waals surface area contributed by atoms with Crippen molar-refractivity contribution in [1.29, 1.82) is 0 Å². The fourth-order valence-corrected chi connectivity index (χ4v) is 3.95. The van der Waals surface area contributed by atoms with Crippen molar-refractivity contribution in [2.24, 2.45) is 5.73 Å². The highest BCUT2D eigenvalue weighted by atomic mass is 32.1. The van der Waals surface area contributed by atoms with Gasteiger partial charge in [0.25, 0.3) is 0 Å². The molecule has 126 valence electrons. The number of Topliss-reactive ketones (excluding diaryl/α,β-unsaturated/α-hetero) is 1. The van der Waals surface area contributed by atoms with E-state index in [-0.39, 0.29) is 18.2 Å². The van der Waals surface area contributed by atoms with Crippen LogP contribution < -0.4 is 11.1 Å². The van der Waals surface area contributed by atoms with Crippen LogP contribution in [0.15, 0.2) is 36.4 Å². The van der Waals surface area contributed by atoms with Crippen molar-refractivity contribution < 1.29 is 9.59 Å². The second-order valence-corrected chi connectivity index (χ2v) is 6.93. The van der Waals surface area contributed by atoms with Crippen LogP contribution in [-0.4, -0.2) is 42.8 Å². The highest BCUT2D eigenvalue weighted by molar-refractivity contribution is 7.20. The first kappa shape index (κ1) is 16.8. The number of carbonyl (C=O) groups excluding carboxylic acids is 2. The molecule has 1 aliphatic heterocycles. The molecular formula is C18H21N3O2S. The number of anilines is 1. The molecule has 3 N–H and O–H groups in total. The number of nitrogens with one attached hydrogen (secondary N) is 1. The lowest BCUT2D eigenvalue weighted by molar-refractivity contribution is -0.117. The lowest BCUT2D eigenvalue weighted by Gasteiger charge is -2.13. The molecule has 2 heterocycles. The zero-order valence-electron chi connectivity index (χ0n) is 13.5. The molecule has 6 heteroatoms. The summed E-state index contributed by atoms with van der Waals surface area (Å²) in [6.45, 7) is 2.22. The molecule has 1 fully saturated rings. The first-order valence-corrected chi connectivity index (χ1v) is 8.94. The maximum atomic E-state index is 12.3. The van der Waals surface area contributed by atoms with Gasteiger partial charge in [0.15, 0.2) is 5.78 Å². The van der Waals surface area contributed by atoms with Gasteiger partial charge in [-0.1, -0.05) is 30.3 Å². The predicted octanol–water partition coefficient (Wildman–Crippen LogP) is 2.59. The number of carbonyl (C=O) groups is 2. The third-order valence-electron chi connectivity index (χ3n) is 4.10. The van der Waals surface area contributed by atoms with Crippen LogP contribution in [0.1, 0.15) is 23.2 Å². The predicted molar refractivity (Wildman–Crippen MR) is 97.4 cm³/mol. The number of likely N-dealkylation sites (tertiary alicyclic amines) is 1. The Balaban J connectivity index is 1.81. The first-order valence-electron chi connectivity index (χ1n) is 8.12. The van der Waals surface area contributed by atoms with Gasteiger partial charge in [0.1, 0.15) is 5.00 Å². The van der Waals surface area contributed by atoms with Crippen molar-refractivity contribution in [3.05, 3.63) is 42.0 Å². The minimum absolute atomic E-state index is 0.0695. The SMILES string of the molecule is NCC(=O)c1cc(-c2ccccc2)sc1NC(=O)CN1CCCC1. The highest BCUT2D eigenvalue weighted by Crippen LogP contribution is 2.35. The molecular weight excluding hydrogens is 322 g/mol. The van der Waals surface area contributed by atoms with Crippen LogP contribution >= 0.6 is 11.3 Å². The Morgan fingerprint density at radius 1 is 1.17 bits per heavy atom. The number of nitrogens with zero attached hydrogens (tertiary/aromatic N) is 1. The van der Waals surface area contributed by atoms with Crippen LogP contribution in [-0.2, 0) is 4.79 Å². The molecule has 0 spiro atoms. The third kappa shape index (κ3) is 3.90. The standard InChI is InChI=1S/C18H21N3O2S/c19-11-15(22)14-10-16(13-6-2-1-3-7-13)24-18(14)20-17(23)12-21-8-4-5-9-21/h1-3,6-7,10H,4-5,8-9,11-12,19H2,(H,20,23).